The van der Waals surface area contributed by atoms with Gasteiger partial charge < -0.3 is 4.74 Å². The van der Waals surface area contributed by atoms with E-state index in [-0.39, 0.29) is 5.92 Å². The average Bonchev–Trinajstić information content (AvgIpc) is 2.75. The summed E-state index contributed by atoms with van der Waals surface area (Å²) in [6.45, 7) is 0. The first-order valence-corrected chi connectivity index (χ1v) is 9.40. The molecule has 0 aliphatic carbocycles. The first kappa shape index (κ1) is 16.2. The minimum Gasteiger partial charge on any atom is -0.456 e. The van der Waals surface area contributed by atoms with E-state index in [1.807, 2.05) is 42.5 Å². The van der Waals surface area contributed by atoms with Crippen LogP contribution in [0.2, 0.25) is 5.02 Å². The Morgan fingerprint density at radius 2 is 1.33 bits per heavy atom. The molecule has 1 unspecified atom stereocenters. The fraction of sp³-hybridized carbons (Fsp3) is 0.0400. The second-order valence-electron chi connectivity index (χ2n) is 6.71. The van der Waals surface area contributed by atoms with Crippen LogP contribution in [0.15, 0.2) is 97.1 Å². The normalized spacial score (nSPS) is 15.7. The summed E-state index contributed by atoms with van der Waals surface area (Å²) in [7, 11) is 0. The van der Waals surface area contributed by atoms with Crippen molar-refractivity contribution in [2.75, 3.05) is 0 Å². The van der Waals surface area contributed by atoms with Gasteiger partial charge in [-0.15, -0.1) is 0 Å². The van der Waals surface area contributed by atoms with Crippen LogP contribution in [-0.2, 0) is 0 Å². The third-order valence-electron chi connectivity index (χ3n) is 5.06. The summed E-state index contributed by atoms with van der Waals surface area (Å²) in [5.74, 6) is 1.86. The van der Waals surface area contributed by atoms with E-state index in [4.69, 9.17) is 16.3 Å². The second kappa shape index (κ2) is 6.61. The van der Waals surface area contributed by atoms with Crippen molar-refractivity contribution >= 4 is 28.1 Å². The van der Waals surface area contributed by atoms with Crippen LogP contribution in [0.5, 0.6) is 5.75 Å². The molecule has 0 bridgehead atoms. The maximum atomic E-state index is 6.62. The molecule has 4 aromatic carbocycles. The van der Waals surface area contributed by atoms with Crippen LogP contribution >= 0.6 is 11.6 Å². The van der Waals surface area contributed by atoms with Crippen LogP contribution in [0.3, 0.4) is 0 Å². The quantitative estimate of drug-likeness (QED) is 0.368. The van der Waals surface area contributed by atoms with Gasteiger partial charge in [0.1, 0.15) is 11.5 Å². The molecule has 1 atom stereocenters. The molecule has 0 N–H and O–H groups in total. The van der Waals surface area contributed by atoms with Crippen LogP contribution in [0.1, 0.15) is 22.6 Å². The smallest absolute Gasteiger partial charge is 0.139 e. The fourth-order valence-corrected chi connectivity index (χ4v) is 4.03. The van der Waals surface area contributed by atoms with Crippen molar-refractivity contribution in [1.29, 1.82) is 0 Å². The van der Waals surface area contributed by atoms with Gasteiger partial charge in [0.2, 0.25) is 0 Å². The zero-order valence-electron chi connectivity index (χ0n) is 14.6. The van der Waals surface area contributed by atoms with Crippen LogP contribution < -0.4 is 4.74 Å². The Hall–Kier alpha value is -3.03. The highest BCUT2D eigenvalue weighted by Crippen LogP contribution is 2.46. The van der Waals surface area contributed by atoms with E-state index < -0.39 is 0 Å². The lowest BCUT2D eigenvalue weighted by Crippen LogP contribution is -2.11. The highest BCUT2D eigenvalue weighted by atomic mass is 35.5. The number of hydrogen-bond acceptors (Lipinski definition) is 1. The Morgan fingerprint density at radius 3 is 2.07 bits per heavy atom. The maximum Gasteiger partial charge on any atom is 0.139 e. The highest BCUT2D eigenvalue weighted by molar-refractivity contribution is 6.36. The number of allylic oxidation sites excluding steroid dienone is 1. The topological polar surface area (TPSA) is 9.23 Å². The zero-order valence-corrected chi connectivity index (χ0v) is 15.4. The molecule has 0 saturated heterocycles. The number of fused-ring (bicyclic) bond motifs is 3. The Balaban J connectivity index is 1.78. The molecule has 2 heteroatoms. The molecule has 0 amide bonds. The first-order chi connectivity index (χ1) is 13.3. The van der Waals surface area contributed by atoms with Crippen LogP contribution in [-0.4, -0.2) is 0 Å². The van der Waals surface area contributed by atoms with Gasteiger partial charge in [-0.1, -0.05) is 96.5 Å². The van der Waals surface area contributed by atoms with Crippen molar-refractivity contribution in [2.45, 2.75) is 5.92 Å². The molecule has 1 aliphatic heterocycles. The summed E-state index contributed by atoms with van der Waals surface area (Å²) in [6, 6.07) is 30.9. The van der Waals surface area contributed by atoms with E-state index in [1.54, 1.807) is 0 Å². The molecule has 130 valence electrons. The first-order valence-electron chi connectivity index (χ1n) is 9.02. The lowest BCUT2D eigenvalue weighted by atomic mass is 9.86. The van der Waals surface area contributed by atoms with E-state index in [2.05, 4.69) is 54.6 Å². The molecule has 0 spiro atoms. The molecule has 0 fully saturated rings. The van der Waals surface area contributed by atoms with Crippen molar-refractivity contribution in [3.63, 3.8) is 0 Å². The van der Waals surface area contributed by atoms with E-state index >= 15 is 0 Å². The number of hydrogen-bond donors (Lipinski definition) is 0. The van der Waals surface area contributed by atoms with Crippen molar-refractivity contribution in [3.8, 4) is 5.75 Å². The SMILES string of the molecule is Clc1cc2c(c3ccccc13)OC(c1ccccc1)=CC2c1ccccc1. The predicted octanol–water partition coefficient (Wildman–Crippen LogP) is 7.06. The third kappa shape index (κ3) is 2.81. The predicted molar refractivity (Wildman–Crippen MR) is 112 cm³/mol. The van der Waals surface area contributed by atoms with E-state index in [0.717, 1.165) is 38.4 Å². The second-order valence-corrected chi connectivity index (χ2v) is 7.12. The van der Waals surface area contributed by atoms with Gasteiger partial charge in [-0.05, 0) is 17.7 Å². The minimum absolute atomic E-state index is 0.0901. The zero-order chi connectivity index (χ0) is 18.2. The third-order valence-corrected chi connectivity index (χ3v) is 5.37. The lowest BCUT2D eigenvalue weighted by molar-refractivity contribution is 0.498. The van der Waals surface area contributed by atoms with E-state index in [1.165, 1.54) is 5.56 Å². The molecular weight excluding hydrogens is 352 g/mol. The molecule has 0 radical (unpaired) electrons. The average molecular weight is 369 g/mol. The summed E-state index contributed by atoms with van der Waals surface area (Å²) in [5.41, 5.74) is 3.40. The van der Waals surface area contributed by atoms with Gasteiger partial charge in [-0.2, -0.15) is 0 Å². The summed E-state index contributed by atoms with van der Waals surface area (Å²) < 4.78 is 6.44. The van der Waals surface area contributed by atoms with Crippen LogP contribution in [0, 0.1) is 0 Å². The van der Waals surface area contributed by atoms with Gasteiger partial charge in [0.15, 0.2) is 0 Å². The number of benzene rings is 4. The molecule has 0 aromatic heterocycles. The standard InChI is InChI=1S/C25H17ClO/c26-23-15-22-21(17-9-3-1-4-10-17)16-24(18-11-5-2-6-12-18)27-25(22)20-14-8-7-13-19(20)23/h1-16,21H. The summed E-state index contributed by atoms with van der Waals surface area (Å²) >= 11 is 6.62. The van der Waals surface area contributed by atoms with Crippen molar-refractivity contribution in [1.82, 2.24) is 0 Å². The summed E-state index contributed by atoms with van der Waals surface area (Å²) in [4.78, 5) is 0. The van der Waals surface area contributed by atoms with E-state index in [9.17, 15) is 0 Å². The molecule has 4 aromatic rings. The Kier molecular flexibility index (Phi) is 3.95. The summed E-state index contributed by atoms with van der Waals surface area (Å²) in [6.07, 6.45) is 2.19. The molecular formula is C25H17ClO. The van der Waals surface area contributed by atoms with Gasteiger partial charge in [0, 0.05) is 32.8 Å². The van der Waals surface area contributed by atoms with Gasteiger partial charge in [0.05, 0.1) is 0 Å². The largest absolute Gasteiger partial charge is 0.456 e. The molecule has 5 rings (SSSR count). The minimum atomic E-state index is 0.0901. The molecule has 1 aliphatic rings. The molecule has 0 saturated carbocycles. The molecule has 1 nitrogen and oxygen atoms in total. The van der Waals surface area contributed by atoms with E-state index in [0.29, 0.717) is 0 Å². The number of ether oxygens (including phenoxy) is 1. The van der Waals surface area contributed by atoms with Crippen molar-refractivity contribution in [2.24, 2.45) is 0 Å². The van der Waals surface area contributed by atoms with Crippen LogP contribution in [0.4, 0.5) is 0 Å². The highest BCUT2D eigenvalue weighted by Gasteiger charge is 2.26. The summed E-state index contributed by atoms with van der Waals surface area (Å²) in [5, 5.41) is 2.81. The Bertz CT molecular complexity index is 1150. The van der Waals surface area contributed by atoms with Crippen molar-refractivity contribution in [3.05, 3.63) is 119 Å². The van der Waals surface area contributed by atoms with Gasteiger partial charge in [-0.25, -0.2) is 0 Å². The molecule has 1 heterocycles. The Morgan fingerprint density at radius 1 is 0.704 bits per heavy atom. The monoisotopic (exact) mass is 368 g/mol. The van der Waals surface area contributed by atoms with Gasteiger partial charge >= 0.3 is 0 Å². The van der Waals surface area contributed by atoms with Gasteiger partial charge in [0.25, 0.3) is 0 Å². The van der Waals surface area contributed by atoms with Gasteiger partial charge in [-0.3, -0.25) is 0 Å². The van der Waals surface area contributed by atoms with Crippen LogP contribution in [0.25, 0.3) is 16.5 Å². The van der Waals surface area contributed by atoms with Crippen molar-refractivity contribution < 1.29 is 4.74 Å². The number of halogens is 1. The number of rotatable bonds is 2. The fourth-order valence-electron chi connectivity index (χ4n) is 3.75. The molecule has 27 heavy (non-hydrogen) atoms. The maximum absolute atomic E-state index is 6.62. The Labute approximate surface area is 163 Å². The lowest BCUT2D eigenvalue weighted by Gasteiger charge is -2.27.